The molecule has 1 amide bonds. The molecule has 0 radical (unpaired) electrons. The molecule has 4 aliphatic carbocycles. The van der Waals surface area contributed by atoms with E-state index in [-0.39, 0.29) is 50.3 Å². The van der Waals surface area contributed by atoms with Gasteiger partial charge in [-0.1, -0.05) is 11.6 Å². The Morgan fingerprint density at radius 2 is 1.87 bits per heavy atom. The lowest BCUT2D eigenvalue weighted by Crippen LogP contribution is -2.63. The SMILES string of the molecule is O=C(COC1CC(OC(F)(F)F)C1)NC12CCC(CC(=O)[C@H]3CC(=O)c4cc(Cl)ccc4O3)(CC1)[C@@H](O)C2. The fraction of sp³-hybridized carbons (Fsp3) is 0.654. The molecule has 6 rings (SSSR count). The van der Waals surface area contributed by atoms with Gasteiger partial charge in [-0.05, 0) is 50.3 Å². The van der Waals surface area contributed by atoms with Crippen LogP contribution in [0, 0.1) is 5.41 Å². The highest BCUT2D eigenvalue weighted by Gasteiger charge is 2.56. The van der Waals surface area contributed by atoms with Gasteiger partial charge in [0.1, 0.15) is 12.4 Å². The fourth-order valence-electron chi connectivity index (χ4n) is 6.22. The van der Waals surface area contributed by atoms with Gasteiger partial charge in [0.2, 0.25) is 5.91 Å². The molecule has 4 fully saturated rings. The second-order valence-corrected chi connectivity index (χ2v) is 11.5. The van der Waals surface area contributed by atoms with Crippen LogP contribution in [0.3, 0.4) is 0 Å². The summed E-state index contributed by atoms with van der Waals surface area (Å²) in [6.45, 7) is -0.287. The molecule has 0 saturated heterocycles. The van der Waals surface area contributed by atoms with E-state index in [2.05, 4.69) is 10.1 Å². The molecule has 0 aromatic heterocycles. The normalized spacial score (nSPS) is 34.2. The first-order valence-corrected chi connectivity index (χ1v) is 13.1. The quantitative estimate of drug-likeness (QED) is 0.497. The van der Waals surface area contributed by atoms with E-state index in [1.165, 1.54) is 6.07 Å². The molecule has 2 N–H and O–H groups in total. The summed E-state index contributed by atoms with van der Waals surface area (Å²) in [7, 11) is 0. The van der Waals surface area contributed by atoms with Gasteiger partial charge in [-0.3, -0.25) is 19.1 Å². The van der Waals surface area contributed by atoms with Crippen molar-refractivity contribution in [2.24, 2.45) is 5.41 Å². The van der Waals surface area contributed by atoms with Crippen LogP contribution in [0.1, 0.15) is 68.1 Å². The molecule has 8 nitrogen and oxygen atoms in total. The second kappa shape index (κ2) is 10.1. The molecule has 1 heterocycles. The van der Waals surface area contributed by atoms with E-state index in [4.69, 9.17) is 21.1 Å². The first-order valence-electron chi connectivity index (χ1n) is 12.7. The number of nitrogens with one attached hydrogen (secondary N) is 1. The molecule has 38 heavy (non-hydrogen) atoms. The molecule has 5 aliphatic rings. The number of aliphatic hydroxyl groups is 1. The summed E-state index contributed by atoms with van der Waals surface area (Å²) in [5.74, 6) is -0.524. The van der Waals surface area contributed by atoms with Gasteiger partial charge in [0.15, 0.2) is 17.7 Å². The van der Waals surface area contributed by atoms with E-state index in [0.29, 0.717) is 42.0 Å². The molecular weight excluding hydrogens is 531 g/mol. The third-order valence-corrected chi connectivity index (χ3v) is 8.70. The third-order valence-electron chi connectivity index (χ3n) is 8.47. The molecule has 0 spiro atoms. The molecule has 4 saturated carbocycles. The van der Waals surface area contributed by atoms with E-state index in [0.717, 1.165) is 0 Å². The Labute approximate surface area is 222 Å². The Balaban J connectivity index is 1.11. The zero-order valence-electron chi connectivity index (χ0n) is 20.5. The van der Waals surface area contributed by atoms with Gasteiger partial charge < -0.3 is 19.9 Å². The van der Waals surface area contributed by atoms with Gasteiger partial charge in [-0.2, -0.15) is 0 Å². The summed E-state index contributed by atoms with van der Waals surface area (Å²) in [6, 6.07) is 4.69. The largest absolute Gasteiger partial charge is 0.522 e. The van der Waals surface area contributed by atoms with Gasteiger partial charge in [0.05, 0.1) is 30.3 Å². The van der Waals surface area contributed by atoms with Crippen LogP contribution >= 0.6 is 11.6 Å². The first kappa shape index (κ1) is 27.4. The second-order valence-electron chi connectivity index (χ2n) is 11.0. The lowest BCUT2D eigenvalue weighted by atomic mass is 9.54. The van der Waals surface area contributed by atoms with Crippen molar-refractivity contribution >= 4 is 29.1 Å². The number of carbonyl (C=O) groups is 3. The van der Waals surface area contributed by atoms with Crippen LogP contribution in [0.15, 0.2) is 18.2 Å². The average molecular weight is 560 g/mol. The standard InChI is InChI=1S/C26H29ClF3NO7/c27-14-1-2-20-17(7-14)18(32)10-21(37-20)19(33)11-24-3-5-25(6-4-24,12-22(24)34)31-23(35)13-36-15-8-16(9-15)38-26(28,29)30/h1-2,7,15-16,21-22,34H,3-6,8-13H2,(H,31,35)/t15?,16?,21-,22+,24?,25?/m1/s1. The maximum absolute atomic E-state index is 13.2. The number of Topliss-reactive ketones (excluding diaryl/α,β-unsaturated/α-hetero) is 2. The molecule has 1 aromatic rings. The molecule has 2 bridgehead atoms. The third kappa shape index (κ3) is 5.71. The van der Waals surface area contributed by atoms with Crippen LogP contribution < -0.4 is 10.1 Å². The molecule has 208 valence electrons. The number of ether oxygens (including phenoxy) is 3. The van der Waals surface area contributed by atoms with Crippen molar-refractivity contribution < 1.29 is 46.9 Å². The number of hydrogen-bond donors (Lipinski definition) is 2. The maximum atomic E-state index is 13.2. The maximum Gasteiger partial charge on any atom is 0.522 e. The lowest BCUT2D eigenvalue weighted by molar-refractivity contribution is -0.357. The number of ketones is 2. The molecule has 1 aliphatic heterocycles. The van der Waals surface area contributed by atoms with E-state index in [1.54, 1.807) is 12.1 Å². The van der Waals surface area contributed by atoms with Gasteiger partial charge in [0.25, 0.3) is 0 Å². The van der Waals surface area contributed by atoms with Crippen molar-refractivity contribution in [3.63, 3.8) is 0 Å². The van der Waals surface area contributed by atoms with Crippen LogP contribution in [0.4, 0.5) is 13.2 Å². The summed E-state index contributed by atoms with van der Waals surface area (Å²) in [4.78, 5) is 38.3. The Morgan fingerprint density at radius 1 is 1.16 bits per heavy atom. The predicted molar refractivity (Wildman–Crippen MR) is 127 cm³/mol. The number of fused-ring (bicyclic) bond motifs is 4. The Kier molecular flexibility index (Phi) is 7.25. The van der Waals surface area contributed by atoms with Gasteiger partial charge in [0, 0.05) is 35.2 Å². The van der Waals surface area contributed by atoms with Crippen LogP contribution in [0.25, 0.3) is 0 Å². The number of amides is 1. The number of rotatable bonds is 8. The fourth-order valence-corrected chi connectivity index (χ4v) is 6.39. The summed E-state index contributed by atoms with van der Waals surface area (Å²) in [6.07, 6.45) is -5.25. The van der Waals surface area contributed by atoms with Gasteiger partial charge in [-0.25, -0.2) is 0 Å². The van der Waals surface area contributed by atoms with Crippen LogP contribution in [0.5, 0.6) is 5.75 Å². The van der Waals surface area contributed by atoms with E-state index < -0.39 is 47.6 Å². The highest BCUT2D eigenvalue weighted by molar-refractivity contribution is 6.31. The zero-order valence-corrected chi connectivity index (χ0v) is 21.3. The van der Waals surface area contributed by atoms with Crippen LogP contribution in [-0.2, 0) is 19.1 Å². The Bertz CT molecular complexity index is 1110. The van der Waals surface area contributed by atoms with Crippen molar-refractivity contribution in [3.8, 4) is 5.75 Å². The predicted octanol–water partition coefficient (Wildman–Crippen LogP) is 3.90. The molecule has 2 atom stereocenters. The number of benzene rings is 1. The van der Waals surface area contributed by atoms with Gasteiger partial charge in [-0.15, -0.1) is 13.2 Å². The highest BCUT2D eigenvalue weighted by atomic mass is 35.5. The minimum atomic E-state index is -4.68. The van der Waals surface area contributed by atoms with Crippen molar-refractivity contribution in [2.75, 3.05) is 6.61 Å². The Hall–Kier alpha value is -2.21. The minimum absolute atomic E-state index is 0.0723. The first-order chi connectivity index (χ1) is 17.9. The summed E-state index contributed by atoms with van der Waals surface area (Å²) >= 11 is 5.96. The van der Waals surface area contributed by atoms with E-state index in [9.17, 15) is 32.7 Å². The van der Waals surface area contributed by atoms with E-state index >= 15 is 0 Å². The van der Waals surface area contributed by atoms with Crippen molar-refractivity contribution in [1.82, 2.24) is 5.32 Å². The number of alkyl halides is 3. The van der Waals surface area contributed by atoms with Crippen LogP contribution in [0.2, 0.25) is 5.02 Å². The summed E-state index contributed by atoms with van der Waals surface area (Å²) in [5.41, 5.74) is -0.917. The smallest absolute Gasteiger partial charge is 0.481 e. The molecular formula is C26H29ClF3NO7. The van der Waals surface area contributed by atoms with Crippen LogP contribution in [-0.4, -0.2) is 65.5 Å². The molecule has 0 unspecified atom stereocenters. The molecule has 1 aromatic carbocycles. The number of aliphatic hydroxyl groups excluding tert-OH is 1. The highest BCUT2D eigenvalue weighted by Crippen LogP contribution is 2.54. The lowest BCUT2D eigenvalue weighted by Gasteiger charge is -2.56. The van der Waals surface area contributed by atoms with Gasteiger partial charge >= 0.3 is 6.36 Å². The Morgan fingerprint density at radius 3 is 2.53 bits per heavy atom. The van der Waals surface area contributed by atoms with Crippen molar-refractivity contribution in [2.45, 2.75) is 94.1 Å². The van der Waals surface area contributed by atoms with Crippen molar-refractivity contribution in [3.05, 3.63) is 28.8 Å². The van der Waals surface area contributed by atoms with E-state index in [1.807, 2.05) is 0 Å². The topological polar surface area (TPSA) is 111 Å². The zero-order chi connectivity index (χ0) is 27.3. The average Bonchev–Trinajstić information content (AvgIpc) is 2.81. The number of hydrogen-bond acceptors (Lipinski definition) is 7. The van der Waals surface area contributed by atoms with Crippen molar-refractivity contribution in [1.29, 1.82) is 0 Å². The number of halogens is 4. The summed E-state index contributed by atoms with van der Waals surface area (Å²) < 4.78 is 51.8. The summed E-state index contributed by atoms with van der Waals surface area (Å²) in [5, 5.41) is 14.4. The minimum Gasteiger partial charge on any atom is -0.481 e. The number of carbonyl (C=O) groups excluding carboxylic acids is 3. The molecule has 12 heteroatoms. The monoisotopic (exact) mass is 559 g/mol.